The van der Waals surface area contributed by atoms with E-state index in [1.807, 2.05) is 6.07 Å². The average Bonchev–Trinajstić information content (AvgIpc) is 2.67. The van der Waals surface area contributed by atoms with Gasteiger partial charge in [-0.15, -0.1) is 0 Å². The molecule has 1 aromatic heterocycles. The van der Waals surface area contributed by atoms with Crippen molar-refractivity contribution in [2.24, 2.45) is 0 Å². The van der Waals surface area contributed by atoms with Crippen LogP contribution in [-0.2, 0) is 11.0 Å². The molecule has 1 N–H and O–H groups in total. The van der Waals surface area contributed by atoms with Crippen molar-refractivity contribution in [1.29, 1.82) is 0 Å². The number of halogens is 4. The molecule has 3 rings (SSSR count). The summed E-state index contributed by atoms with van der Waals surface area (Å²) in [6.45, 7) is 1.41. The maximum atomic E-state index is 12.7. The third-order valence-electron chi connectivity index (χ3n) is 3.80. The molecular weight excluding hydrogens is 451 g/mol. The summed E-state index contributed by atoms with van der Waals surface area (Å²) in [5.41, 5.74) is 0.805. The number of carbonyl (C=O) groups excluding carboxylic acids is 1. The van der Waals surface area contributed by atoms with Gasteiger partial charge in [-0.05, 0) is 47.1 Å². The molecule has 0 saturated carbocycles. The second-order valence-electron chi connectivity index (χ2n) is 6.06. The molecule has 0 bridgehead atoms. The topological polar surface area (TPSA) is 64.1 Å². The molecule has 2 aromatic carbocycles. The van der Waals surface area contributed by atoms with E-state index in [-0.39, 0.29) is 24.2 Å². The first kappa shape index (κ1) is 20.8. The van der Waals surface area contributed by atoms with Gasteiger partial charge >= 0.3 is 6.18 Å². The predicted octanol–water partition coefficient (Wildman–Crippen LogP) is 5.25. The Hall–Kier alpha value is -2.94. The van der Waals surface area contributed by atoms with Crippen molar-refractivity contribution in [2.75, 3.05) is 11.9 Å². The molecule has 9 heteroatoms. The molecule has 3 aromatic rings. The fourth-order valence-corrected chi connectivity index (χ4v) is 2.82. The molecule has 0 aliphatic carbocycles. The smallest absolute Gasteiger partial charge is 0.416 e. The van der Waals surface area contributed by atoms with Gasteiger partial charge < -0.3 is 10.1 Å². The van der Waals surface area contributed by atoms with Gasteiger partial charge in [-0.2, -0.15) is 18.2 Å². The van der Waals surface area contributed by atoms with Gasteiger partial charge in [-0.3, -0.25) is 4.79 Å². The van der Waals surface area contributed by atoms with Gasteiger partial charge in [0.15, 0.2) is 12.4 Å². The number of nitrogens with zero attached hydrogens (tertiary/aromatic N) is 2. The summed E-state index contributed by atoms with van der Waals surface area (Å²) in [5.74, 6) is -0.0288. The van der Waals surface area contributed by atoms with Crippen molar-refractivity contribution >= 4 is 27.5 Å². The van der Waals surface area contributed by atoms with E-state index in [1.165, 1.54) is 12.1 Å². The van der Waals surface area contributed by atoms with Crippen LogP contribution in [0.15, 0.2) is 59.1 Å². The number of aromatic nitrogens is 2. The molecule has 0 atom stereocenters. The second-order valence-corrected chi connectivity index (χ2v) is 6.92. The Bertz CT molecular complexity index is 1020. The molecule has 0 aliphatic rings. The maximum Gasteiger partial charge on any atom is 0.416 e. The SMILES string of the molecule is Cc1cc(OCC(=O)Nc2ccccc2Br)nc(-c2ccc(C(F)(F)F)cc2)n1. The molecule has 150 valence electrons. The van der Waals surface area contributed by atoms with E-state index in [4.69, 9.17) is 4.74 Å². The normalized spacial score (nSPS) is 11.2. The van der Waals surface area contributed by atoms with Crippen molar-refractivity contribution < 1.29 is 22.7 Å². The highest BCUT2D eigenvalue weighted by Crippen LogP contribution is 2.30. The van der Waals surface area contributed by atoms with E-state index in [9.17, 15) is 18.0 Å². The number of ether oxygens (including phenoxy) is 1. The second kappa shape index (κ2) is 8.60. The number of rotatable bonds is 5. The Morgan fingerprint density at radius 3 is 2.45 bits per heavy atom. The number of amides is 1. The Balaban J connectivity index is 1.70. The summed E-state index contributed by atoms with van der Waals surface area (Å²) in [5, 5.41) is 2.70. The van der Waals surface area contributed by atoms with Crippen LogP contribution in [0.2, 0.25) is 0 Å². The number of nitrogens with one attached hydrogen (secondary N) is 1. The minimum Gasteiger partial charge on any atom is -0.467 e. The minimum atomic E-state index is -4.42. The Morgan fingerprint density at radius 1 is 1.10 bits per heavy atom. The van der Waals surface area contributed by atoms with Gasteiger partial charge in [0.1, 0.15) is 0 Å². The lowest BCUT2D eigenvalue weighted by atomic mass is 10.1. The Morgan fingerprint density at radius 2 is 1.79 bits per heavy atom. The summed E-state index contributed by atoms with van der Waals surface area (Å²) in [4.78, 5) is 20.5. The fourth-order valence-electron chi connectivity index (χ4n) is 2.44. The van der Waals surface area contributed by atoms with Crippen LogP contribution in [0.3, 0.4) is 0 Å². The zero-order valence-corrected chi connectivity index (χ0v) is 16.7. The first-order chi connectivity index (χ1) is 13.7. The zero-order chi connectivity index (χ0) is 21.0. The van der Waals surface area contributed by atoms with Crippen LogP contribution in [0.25, 0.3) is 11.4 Å². The minimum absolute atomic E-state index is 0.148. The summed E-state index contributed by atoms with van der Waals surface area (Å²) in [6, 6.07) is 13.2. The number of anilines is 1. The van der Waals surface area contributed by atoms with E-state index in [2.05, 4.69) is 31.2 Å². The van der Waals surface area contributed by atoms with E-state index in [1.54, 1.807) is 31.2 Å². The number of hydrogen-bond acceptors (Lipinski definition) is 4. The number of para-hydroxylation sites is 1. The molecule has 5 nitrogen and oxygen atoms in total. The molecule has 1 amide bonds. The first-order valence-electron chi connectivity index (χ1n) is 8.43. The van der Waals surface area contributed by atoms with Gasteiger partial charge in [0.25, 0.3) is 5.91 Å². The van der Waals surface area contributed by atoms with Gasteiger partial charge in [0.05, 0.1) is 11.3 Å². The van der Waals surface area contributed by atoms with E-state index in [0.717, 1.165) is 16.6 Å². The number of alkyl halides is 3. The number of carbonyl (C=O) groups is 1. The highest BCUT2D eigenvalue weighted by molar-refractivity contribution is 9.10. The van der Waals surface area contributed by atoms with Gasteiger partial charge in [-0.25, -0.2) is 4.98 Å². The molecule has 0 saturated heterocycles. The van der Waals surface area contributed by atoms with Gasteiger partial charge in [-0.1, -0.05) is 24.3 Å². The number of hydrogen-bond donors (Lipinski definition) is 1. The summed E-state index contributed by atoms with van der Waals surface area (Å²) >= 11 is 3.34. The van der Waals surface area contributed by atoms with Gasteiger partial charge in [0.2, 0.25) is 5.88 Å². The highest BCUT2D eigenvalue weighted by Gasteiger charge is 2.30. The van der Waals surface area contributed by atoms with Crippen molar-refractivity contribution in [1.82, 2.24) is 9.97 Å². The van der Waals surface area contributed by atoms with Crippen molar-refractivity contribution in [3.63, 3.8) is 0 Å². The molecule has 0 unspecified atom stereocenters. The molecule has 0 fully saturated rings. The maximum absolute atomic E-state index is 12.7. The van der Waals surface area contributed by atoms with Crippen molar-refractivity contribution in [3.8, 4) is 17.3 Å². The van der Waals surface area contributed by atoms with Crippen LogP contribution in [0.4, 0.5) is 18.9 Å². The van der Waals surface area contributed by atoms with Crippen LogP contribution in [-0.4, -0.2) is 22.5 Å². The van der Waals surface area contributed by atoms with Crippen LogP contribution in [0, 0.1) is 6.92 Å². The van der Waals surface area contributed by atoms with Gasteiger partial charge in [0, 0.05) is 21.8 Å². The zero-order valence-electron chi connectivity index (χ0n) is 15.1. The monoisotopic (exact) mass is 465 g/mol. The Kier molecular flexibility index (Phi) is 6.17. The van der Waals surface area contributed by atoms with Crippen LogP contribution < -0.4 is 10.1 Å². The third kappa shape index (κ3) is 5.54. The molecule has 0 radical (unpaired) electrons. The van der Waals surface area contributed by atoms with E-state index < -0.39 is 11.7 Å². The first-order valence-corrected chi connectivity index (χ1v) is 9.22. The standard InChI is InChI=1S/C20H15BrF3N3O2/c1-12-10-18(29-11-17(28)26-16-5-3-2-4-15(16)21)27-19(25-12)13-6-8-14(9-7-13)20(22,23)24/h2-10H,11H2,1H3,(H,26,28). The Labute approximate surface area is 173 Å². The fraction of sp³-hybridized carbons (Fsp3) is 0.150. The summed E-state index contributed by atoms with van der Waals surface area (Å²) in [7, 11) is 0. The number of benzene rings is 2. The number of aryl methyl sites for hydroxylation is 1. The molecular formula is C20H15BrF3N3O2. The van der Waals surface area contributed by atoms with E-state index >= 15 is 0 Å². The largest absolute Gasteiger partial charge is 0.467 e. The quantitative estimate of drug-likeness (QED) is 0.558. The lowest BCUT2D eigenvalue weighted by Gasteiger charge is -2.10. The lowest BCUT2D eigenvalue weighted by Crippen LogP contribution is -2.20. The molecule has 29 heavy (non-hydrogen) atoms. The van der Waals surface area contributed by atoms with Crippen molar-refractivity contribution in [3.05, 3.63) is 70.3 Å². The van der Waals surface area contributed by atoms with Crippen LogP contribution >= 0.6 is 15.9 Å². The van der Waals surface area contributed by atoms with Crippen molar-refractivity contribution in [2.45, 2.75) is 13.1 Å². The van der Waals surface area contributed by atoms with Crippen LogP contribution in [0.5, 0.6) is 5.88 Å². The summed E-state index contributed by atoms with van der Waals surface area (Å²) < 4.78 is 44.3. The molecule has 0 aliphatic heterocycles. The average molecular weight is 466 g/mol. The molecule has 0 spiro atoms. The highest BCUT2D eigenvalue weighted by atomic mass is 79.9. The van der Waals surface area contributed by atoms with Crippen LogP contribution in [0.1, 0.15) is 11.3 Å². The summed E-state index contributed by atoms with van der Waals surface area (Å²) in [6.07, 6.45) is -4.42. The molecule has 1 heterocycles. The van der Waals surface area contributed by atoms with E-state index in [0.29, 0.717) is 16.9 Å². The third-order valence-corrected chi connectivity index (χ3v) is 4.49. The predicted molar refractivity (Wildman–Crippen MR) is 105 cm³/mol. The lowest BCUT2D eigenvalue weighted by molar-refractivity contribution is -0.137.